The van der Waals surface area contributed by atoms with E-state index in [0.29, 0.717) is 5.56 Å². The van der Waals surface area contributed by atoms with E-state index in [-0.39, 0.29) is 12.3 Å². The molecule has 0 radical (unpaired) electrons. The minimum absolute atomic E-state index is 0.0877. The van der Waals surface area contributed by atoms with Crippen molar-refractivity contribution in [2.75, 3.05) is 7.11 Å². The zero-order valence-corrected chi connectivity index (χ0v) is 7.08. The topological polar surface area (TPSA) is 38.7 Å². The number of methoxy groups -OCH3 is 1. The van der Waals surface area contributed by atoms with Crippen LogP contribution in [0.2, 0.25) is 0 Å². The third-order valence-corrected chi connectivity index (χ3v) is 1.57. The quantitative estimate of drug-likeness (QED) is 0.525. The fourth-order valence-electron chi connectivity index (χ4n) is 1.02. The molecule has 3 nitrogen and oxygen atoms in total. The molecule has 13 heavy (non-hydrogen) atoms. The smallest absolute Gasteiger partial charge is 0.235 e. The molecule has 0 saturated carbocycles. The maximum Gasteiger partial charge on any atom is 0.235 e. The molecule has 0 aliphatic rings. The Morgan fingerprint density at radius 3 is 3.00 bits per heavy atom. The summed E-state index contributed by atoms with van der Waals surface area (Å²) in [5, 5.41) is 0. The summed E-state index contributed by atoms with van der Waals surface area (Å²) in [6, 6.07) is 4.46. The van der Waals surface area contributed by atoms with Crippen LogP contribution in [0.3, 0.4) is 0 Å². The number of isocyanates is 1. The molecule has 0 N–H and O–H groups in total. The molecule has 0 unspecified atom stereocenters. The minimum atomic E-state index is -0.457. The van der Waals surface area contributed by atoms with Gasteiger partial charge in [0.15, 0.2) is 11.6 Å². The van der Waals surface area contributed by atoms with Crippen LogP contribution in [-0.4, -0.2) is 13.2 Å². The minimum Gasteiger partial charge on any atom is -0.493 e. The Morgan fingerprint density at radius 2 is 2.38 bits per heavy atom. The SMILES string of the molecule is COc1c(F)cccc1CN=C=O. The number of hydrogen-bond acceptors (Lipinski definition) is 3. The van der Waals surface area contributed by atoms with Crippen molar-refractivity contribution in [3.63, 3.8) is 0 Å². The van der Waals surface area contributed by atoms with Gasteiger partial charge in [-0.1, -0.05) is 12.1 Å². The van der Waals surface area contributed by atoms with Gasteiger partial charge in [0.1, 0.15) is 0 Å². The van der Waals surface area contributed by atoms with Crippen molar-refractivity contribution in [2.45, 2.75) is 6.54 Å². The van der Waals surface area contributed by atoms with Crippen LogP contribution in [0.4, 0.5) is 4.39 Å². The van der Waals surface area contributed by atoms with Crippen LogP contribution in [0, 0.1) is 5.82 Å². The molecule has 0 saturated heterocycles. The molecule has 4 heteroatoms. The molecule has 1 rings (SSSR count). The number of halogens is 1. The second-order valence-electron chi connectivity index (χ2n) is 2.34. The fourth-order valence-corrected chi connectivity index (χ4v) is 1.02. The first-order valence-corrected chi connectivity index (χ1v) is 3.64. The summed E-state index contributed by atoms with van der Waals surface area (Å²) in [6.45, 7) is 0.0877. The molecular formula is C9H8FNO2. The van der Waals surface area contributed by atoms with E-state index in [2.05, 4.69) is 4.99 Å². The maximum atomic E-state index is 13.0. The van der Waals surface area contributed by atoms with Crippen molar-refractivity contribution in [3.8, 4) is 5.75 Å². The Labute approximate surface area is 74.9 Å². The first-order valence-electron chi connectivity index (χ1n) is 3.64. The van der Waals surface area contributed by atoms with Gasteiger partial charge < -0.3 is 4.74 Å². The van der Waals surface area contributed by atoms with Crippen LogP contribution >= 0.6 is 0 Å². The number of aliphatic imine (C=N–C) groups is 1. The molecule has 0 bridgehead atoms. The molecule has 68 valence electrons. The van der Waals surface area contributed by atoms with E-state index < -0.39 is 5.82 Å². The number of ether oxygens (including phenoxy) is 1. The van der Waals surface area contributed by atoms with Gasteiger partial charge in [0, 0.05) is 5.56 Å². The van der Waals surface area contributed by atoms with Crippen molar-refractivity contribution in [3.05, 3.63) is 29.6 Å². The normalized spacial score (nSPS) is 9.08. The van der Waals surface area contributed by atoms with Gasteiger partial charge >= 0.3 is 0 Å². The van der Waals surface area contributed by atoms with Crippen molar-refractivity contribution < 1.29 is 13.9 Å². The zero-order chi connectivity index (χ0) is 9.68. The molecule has 1 aromatic rings. The zero-order valence-electron chi connectivity index (χ0n) is 7.08. The van der Waals surface area contributed by atoms with Gasteiger partial charge in [0.05, 0.1) is 13.7 Å². The summed E-state index contributed by atoms with van der Waals surface area (Å²) in [6.07, 6.45) is 1.38. The summed E-state index contributed by atoms with van der Waals surface area (Å²) in [5.74, 6) is -0.331. The number of carbonyl (C=O) groups excluding carboxylic acids is 1. The van der Waals surface area contributed by atoms with E-state index in [1.165, 1.54) is 25.3 Å². The average molecular weight is 181 g/mol. The monoisotopic (exact) mass is 181 g/mol. The maximum absolute atomic E-state index is 13.0. The van der Waals surface area contributed by atoms with Gasteiger partial charge in [-0.05, 0) is 6.07 Å². The number of hydrogen-bond donors (Lipinski definition) is 0. The fraction of sp³-hybridized carbons (Fsp3) is 0.222. The van der Waals surface area contributed by atoms with Crippen LogP contribution in [-0.2, 0) is 11.3 Å². The van der Waals surface area contributed by atoms with Crippen LogP contribution < -0.4 is 4.74 Å². The molecular weight excluding hydrogens is 173 g/mol. The Balaban J connectivity index is 3.04. The van der Waals surface area contributed by atoms with E-state index in [1.807, 2.05) is 0 Å². The molecule has 0 fully saturated rings. The average Bonchev–Trinajstić information content (AvgIpc) is 2.15. The van der Waals surface area contributed by atoms with E-state index in [9.17, 15) is 9.18 Å². The van der Waals surface area contributed by atoms with Gasteiger partial charge in [-0.25, -0.2) is 14.2 Å². The van der Waals surface area contributed by atoms with E-state index >= 15 is 0 Å². The molecule has 0 amide bonds. The number of nitrogens with zero attached hydrogens (tertiary/aromatic N) is 1. The molecule has 0 heterocycles. The van der Waals surface area contributed by atoms with Gasteiger partial charge in [0.25, 0.3) is 0 Å². The van der Waals surface area contributed by atoms with Crippen LogP contribution in [0.1, 0.15) is 5.56 Å². The first-order chi connectivity index (χ1) is 6.29. The lowest BCUT2D eigenvalue weighted by Gasteiger charge is -2.05. The van der Waals surface area contributed by atoms with Gasteiger partial charge in [-0.15, -0.1) is 0 Å². The third kappa shape index (κ3) is 2.13. The summed E-state index contributed by atoms with van der Waals surface area (Å²) in [7, 11) is 1.37. The van der Waals surface area contributed by atoms with Gasteiger partial charge in [0.2, 0.25) is 6.08 Å². The van der Waals surface area contributed by atoms with Crippen molar-refractivity contribution >= 4 is 6.08 Å². The number of rotatable bonds is 3. The van der Waals surface area contributed by atoms with Crippen molar-refractivity contribution in [1.82, 2.24) is 0 Å². The Morgan fingerprint density at radius 1 is 1.62 bits per heavy atom. The summed E-state index contributed by atoms with van der Waals surface area (Å²) < 4.78 is 17.8. The Bertz CT molecular complexity index is 345. The van der Waals surface area contributed by atoms with Gasteiger partial charge in [-0.2, -0.15) is 0 Å². The molecule has 0 aliphatic heterocycles. The number of para-hydroxylation sites is 1. The lowest BCUT2D eigenvalue weighted by Crippen LogP contribution is -1.93. The predicted octanol–water partition coefficient (Wildman–Crippen LogP) is 1.67. The molecule has 0 aliphatic carbocycles. The van der Waals surface area contributed by atoms with Crippen LogP contribution in [0.5, 0.6) is 5.75 Å². The summed E-state index contributed by atoms with van der Waals surface area (Å²) >= 11 is 0. The summed E-state index contributed by atoms with van der Waals surface area (Å²) in [5.41, 5.74) is 0.533. The first kappa shape index (κ1) is 9.42. The van der Waals surface area contributed by atoms with Crippen molar-refractivity contribution in [1.29, 1.82) is 0 Å². The van der Waals surface area contributed by atoms with Crippen molar-refractivity contribution in [2.24, 2.45) is 4.99 Å². The summed E-state index contributed by atoms with van der Waals surface area (Å²) in [4.78, 5) is 13.2. The van der Waals surface area contributed by atoms with Gasteiger partial charge in [-0.3, -0.25) is 0 Å². The van der Waals surface area contributed by atoms with E-state index in [4.69, 9.17) is 4.74 Å². The highest BCUT2D eigenvalue weighted by molar-refractivity contribution is 5.38. The molecule has 1 aromatic carbocycles. The molecule has 0 atom stereocenters. The standard InChI is InChI=1S/C9H8FNO2/c1-13-9-7(5-11-6-12)3-2-4-8(9)10/h2-4H,5H2,1H3. The largest absolute Gasteiger partial charge is 0.493 e. The Hall–Kier alpha value is -1.67. The second-order valence-corrected chi connectivity index (χ2v) is 2.34. The molecule has 0 spiro atoms. The Kier molecular flexibility index (Phi) is 3.17. The third-order valence-electron chi connectivity index (χ3n) is 1.57. The highest BCUT2D eigenvalue weighted by atomic mass is 19.1. The predicted molar refractivity (Wildman–Crippen MR) is 44.8 cm³/mol. The van der Waals surface area contributed by atoms with E-state index in [0.717, 1.165) is 0 Å². The van der Waals surface area contributed by atoms with Crippen LogP contribution in [0.25, 0.3) is 0 Å². The van der Waals surface area contributed by atoms with E-state index in [1.54, 1.807) is 6.07 Å². The lowest BCUT2D eigenvalue weighted by atomic mass is 10.2. The lowest BCUT2D eigenvalue weighted by molar-refractivity contribution is 0.381. The molecule has 0 aromatic heterocycles. The highest BCUT2D eigenvalue weighted by Crippen LogP contribution is 2.22. The number of benzene rings is 1. The highest BCUT2D eigenvalue weighted by Gasteiger charge is 2.06. The second kappa shape index (κ2) is 4.38. The van der Waals surface area contributed by atoms with Crippen LogP contribution in [0.15, 0.2) is 23.2 Å².